The third kappa shape index (κ3) is 4.71. The largest absolute Gasteiger partial charge is 0.393 e. The second-order valence-corrected chi connectivity index (χ2v) is 10.1. The zero-order valence-electron chi connectivity index (χ0n) is 18.2. The Morgan fingerprint density at radius 3 is 2.71 bits per heavy atom. The highest BCUT2D eigenvalue weighted by atomic mass is 16.3. The van der Waals surface area contributed by atoms with Gasteiger partial charge in [-0.2, -0.15) is 0 Å². The van der Waals surface area contributed by atoms with Gasteiger partial charge < -0.3 is 10.2 Å². The highest BCUT2D eigenvalue weighted by molar-refractivity contribution is 5.38. The minimum atomic E-state index is -0.599. The highest BCUT2D eigenvalue weighted by Gasteiger charge is 2.48. The summed E-state index contributed by atoms with van der Waals surface area (Å²) in [4.78, 5) is 0. The van der Waals surface area contributed by atoms with Crippen LogP contribution in [0.5, 0.6) is 0 Å². The van der Waals surface area contributed by atoms with E-state index in [0.717, 1.165) is 23.0 Å². The first-order chi connectivity index (χ1) is 13.3. The highest BCUT2D eigenvalue weighted by Crippen LogP contribution is 2.58. The summed E-state index contributed by atoms with van der Waals surface area (Å²) in [5, 5.41) is 20.1. The predicted octanol–water partition coefficient (Wildman–Crippen LogP) is 6.12. The van der Waals surface area contributed by atoms with Crippen LogP contribution in [0.4, 0.5) is 0 Å². The summed E-state index contributed by atoms with van der Waals surface area (Å²) in [6.07, 6.45) is 18.1. The minimum absolute atomic E-state index is 0.416. The zero-order valence-corrected chi connectivity index (χ0v) is 18.2. The summed E-state index contributed by atoms with van der Waals surface area (Å²) < 4.78 is 0. The van der Waals surface area contributed by atoms with E-state index in [2.05, 4.69) is 51.7 Å². The monoisotopic (exact) mass is 384 g/mol. The van der Waals surface area contributed by atoms with Gasteiger partial charge in [0.15, 0.2) is 0 Å². The smallest absolute Gasteiger partial charge is 0.0811 e. The fourth-order valence-corrected chi connectivity index (χ4v) is 5.83. The van der Waals surface area contributed by atoms with Gasteiger partial charge in [0.05, 0.1) is 12.2 Å². The molecule has 0 aromatic rings. The topological polar surface area (TPSA) is 40.5 Å². The van der Waals surface area contributed by atoms with Gasteiger partial charge in [-0.1, -0.05) is 57.2 Å². The normalized spacial score (nSPS) is 39.4. The maximum absolute atomic E-state index is 10.1. The van der Waals surface area contributed by atoms with Crippen molar-refractivity contribution < 1.29 is 10.2 Å². The SMILES string of the molecule is C=C1/C(=C\C=C2/CCCC3(C)C(C/C=C/CC(C)C)CCC23)CC(O)CC1O. The summed E-state index contributed by atoms with van der Waals surface area (Å²) in [5.41, 5.74) is 3.82. The number of allylic oxidation sites excluding steroid dienone is 5. The molecule has 28 heavy (non-hydrogen) atoms. The minimum Gasteiger partial charge on any atom is -0.393 e. The van der Waals surface area contributed by atoms with Gasteiger partial charge in [0, 0.05) is 6.42 Å². The number of aliphatic hydroxyl groups is 2. The lowest BCUT2D eigenvalue weighted by Gasteiger charge is -2.42. The second kappa shape index (κ2) is 9.13. The number of fused-ring (bicyclic) bond motifs is 1. The second-order valence-electron chi connectivity index (χ2n) is 10.1. The molecular weight excluding hydrogens is 344 g/mol. The van der Waals surface area contributed by atoms with Crippen molar-refractivity contribution in [2.24, 2.45) is 23.2 Å². The van der Waals surface area contributed by atoms with E-state index in [1.54, 1.807) is 5.57 Å². The summed E-state index contributed by atoms with van der Waals surface area (Å²) in [5.74, 6) is 2.23. The summed E-state index contributed by atoms with van der Waals surface area (Å²) >= 11 is 0. The van der Waals surface area contributed by atoms with Crippen molar-refractivity contribution in [2.75, 3.05) is 0 Å². The number of aliphatic hydroxyl groups excluding tert-OH is 2. The first-order valence-corrected chi connectivity index (χ1v) is 11.4. The van der Waals surface area contributed by atoms with Gasteiger partial charge in [0.1, 0.15) is 0 Å². The number of hydrogen-bond acceptors (Lipinski definition) is 2. The van der Waals surface area contributed by atoms with E-state index >= 15 is 0 Å². The lowest BCUT2D eigenvalue weighted by Crippen LogP contribution is -2.33. The lowest BCUT2D eigenvalue weighted by molar-refractivity contribution is 0.0862. The molecule has 5 unspecified atom stereocenters. The average molecular weight is 385 g/mol. The van der Waals surface area contributed by atoms with Gasteiger partial charge in [-0.15, -0.1) is 0 Å². The van der Waals surface area contributed by atoms with Gasteiger partial charge in [-0.25, -0.2) is 0 Å². The summed E-state index contributed by atoms with van der Waals surface area (Å²) in [6, 6.07) is 0. The molecule has 3 fully saturated rings. The quantitative estimate of drug-likeness (QED) is 0.561. The van der Waals surface area contributed by atoms with E-state index in [-0.39, 0.29) is 0 Å². The van der Waals surface area contributed by atoms with Crippen LogP contribution in [0.1, 0.15) is 78.6 Å². The molecule has 0 aliphatic heterocycles. The van der Waals surface area contributed by atoms with Crippen molar-refractivity contribution in [3.05, 3.63) is 47.6 Å². The maximum Gasteiger partial charge on any atom is 0.0811 e. The van der Waals surface area contributed by atoms with Crippen LogP contribution in [0.15, 0.2) is 47.6 Å². The molecule has 0 spiro atoms. The molecule has 0 aromatic carbocycles. The number of rotatable bonds is 5. The van der Waals surface area contributed by atoms with E-state index in [9.17, 15) is 10.2 Å². The number of hydrogen-bond donors (Lipinski definition) is 2. The predicted molar refractivity (Wildman–Crippen MR) is 118 cm³/mol. The molecule has 3 saturated carbocycles. The Labute approximate surface area is 172 Å². The molecule has 2 nitrogen and oxygen atoms in total. The molecule has 0 radical (unpaired) electrons. The van der Waals surface area contributed by atoms with E-state index in [1.165, 1.54) is 44.9 Å². The van der Waals surface area contributed by atoms with Crippen molar-refractivity contribution >= 4 is 0 Å². The Morgan fingerprint density at radius 2 is 1.96 bits per heavy atom. The standard InChI is InChI=1S/C26H40O2/c1-18(2)8-5-6-10-22-13-14-24-20(9-7-15-26(22,24)4)11-12-21-16-23(27)17-25(28)19(21)3/h5-6,11-12,18,22-25,27-28H,3,7-10,13-17H2,1-2,4H3/b6-5+,20-11+,21-12-. The van der Waals surface area contributed by atoms with Gasteiger partial charge >= 0.3 is 0 Å². The molecule has 0 heterocycles. The van der Waals surface area contributed by atoms with E-state index in [4.69, 9.17) is 0 Å². The molecule has 0 bridgehead atoms. The molecule has 3 aliphatic carbocycles. The van der Waals surface area contributed by atoms with Crippen LogP contribution in [-0.4, -0.2) is 22.4 Å². The van der Waals surface area contributed by atoms with Gasteiger partial charge in [-0.3, -0.25) is 0 Å². The van der Waals surface area contributed by atoms with Crippen molar-refractivity contribution in [2.45, 2.75) is 90.8 Å². The van der Waals surface area contributed by atoms with E-state index in [0.29, 0.717) is 24.2 Å². The van der Waals surface area contributed by atoms with Crippen molar-refractivity contribution in [3.63, 3.8) is 0 Å². The first-order valence-electron chi connectivity index (χ1n) is 11.4. The molecular formula is C26H40O2. The van der Waals surface area contributed by atoms with Crippen LogP contribution in [-0.2, 0) is 0 Å². The van der Waals surface area contributed by atoms with Crippen molar-refractivity contribution in [1.82, 2.24) is 0 Å². The molecule has 5 atom stereocenters. The lowest BCUT2D eigenvalue weighted by atomic mass is 9.63. The fourth-order valence-electron chi connectivity index (χ4n) is 5.83. The van der Waals surface area contributed by atoms with Crippen LogP contribution in [0.3, 0.4) is 0 Å². The van der Waals surface area contributed by atoms with Gasteiger partial charge in [-0.05, 0) is 85.7 Å². The van der Waals surface area contributed by atoms with Crippen LogP contribution < -0.4 is 0 Å². The molecule has 156 valence electrons. The Hall–Kier alpha value is -1.12. The molecule has 2 heteroatoms. The van der Waals surface area contributed by atoms with Gasteiger partial charge in [0.2, 0.25) is 0 Å². The fraction of sp³-hybridized carbons (Fsp3) is 0.692. The first kappa shape index (κ1) is 21.6. The molecule has 0 aromatic heterocycles. The van der Waals surface area contributed by atoms with E-state index < -0.39 is 12.2 Å². The van der Waals surface area contributed by atoms with Crippen LogP contribution in [0, 0.1) is 23.2 Å². The Kier molecular flexibility index (Phi) is 7.04. The Balaban J connectivity index is 1.71. The molecule has 3 rings (SSSR count). The summed E-state index contributed by atoms with van der Waals surface area (Å²) in [7, 11) is 0. The third-order valence-corrected chi connectivity index (χ3v) is 7.62. The summed E-state index contributed by atoms with van der Waals surface area (Å²) in [6.45, 7) is 11.1. The molecule has 0 saturated heterocycles. The van der Waals surface area contributed by atoms with Crippen LogP contribution in [0.25, 0.3) is 0 Å². The molecule has 0 amide bonds. The van der Waals surface area contributed by atoms with Crippen LogP contribution >= 0.6 is 0 Å². The maximum atomic E-state index is 10.1. The molecule has 2 N–H and O–H groups in total. The van der Waals surface area contributed by atoms with Crippen molar-refractivity contribution in [3.8, 4) is 0 Å². The molecule has 3 aliphatic rings. The van der Waals surface area contributed by atoms with Crippen LogP contribution in [0.2, 0.25) is 0 Å². The van der Waals surface area contributed by atoms with E-state index in [1.807, 2.05) is 0 Å². The Morgan fingerprint density at radius 1 is 1.18 bits per heavy atom. The van der Waals surface area contributed by atoms with Gasteiger partial charge in [0.25, 0.3) is 0 Å². The average Bonchev–Trinajstić information content (AvgIpc) is 2.97. The zero-order chi connectivity index (χ0) is 20.3. The third-order valence-electron chi connectivity index (χ3n) is 7.62. The Bertz CT molecular complexity index is 653. The van der Waals surface area contributed by atoms with Crippen molar-refractivity contribution in [1.29, 1.82) is 0 Å².